The van der Waals surface area contributed by atoms with Crippen LogP contribution >= 0.6 is 0 Å². The first kappa shape index (κ1) is 13.1. The van der Waals surface area contributed by atoms with Crippen molar-refractivity contribution in [2.45, 2.75) is 6.92 Å². The molecule has 19 heavy (non-hydrogen) atoms. The normalized spacial score (nSPS) is 10.3. The Bertz CT molecular complexity index is 589. The quantitative estimate of drug-likeness (QED) is 0.837. The maximum atomic E-state index is 13.5. The summed E-state index contributed by atoms with van der Waals surface area (Å²) in [7, 11) is 0. The van der Waals surface area contributed by atoms with E-state index in [9.17, 15) is 13.2 Å². The van der Waals surface area contributed by atoms with Gasteiger partial charge in [0.05, 0.1) is 5.69 Å². The molecule has 0 aliphatic heterocycles. The van der Waals surface area contributed by atoms with E-state index in [1.807, 2.05) is 6.92 Å². The summed E-state index contributed by atoms with van der Waals surface area (Å²) in [6.07, 6.45) is 1.46. The summed E-state index contributed by atoms with van der Waals surface area (Å²) in [5.41, 5.74) is -0.194. The first-order valence-corrected chi connectivity index (χ1v) is 5.59. The third-order valence-electron chi connectivity index (χ3n) is 2.29. The Kier molecular flexibility index (Phi) is 3.84. The zero-order valence-corrected chi connectivity index (χ0v) is 10.0. The van der Waals surface area contributed by atoms with Crippen LogP contribution in [-0.4, -0.2) is 16.5 Å². The molecule has 0 saturated heterocycles. The van der Waals surface area contributed by atoms with Crippen molar-refractivity contribution in [3.63, 3.8) is 0 Å². The van der Waals surface area contributed by atoms with E-state index in [1.165, 1.54) is 12.3 Å². The van der Waals surface area contributed by atoms with Crippen LogP contribution in [0.2, 0.25) is 0 Å². The lowest BCUT2D eigenvalue weighted by Gasteiger charge is -2.08. The van der Waals surface area contributed by atoms with Crippen molar-refractivity contribution in [1.29, 1.82) is 0 Å². The lowest BCUT2D eigenvalue weighted by molar-refractivity contribution is 0.449. The van der Waals surface area contributed by atoms with E-state index < -0.39 is 17.5 Å². The van der Waals surface area contributed by atoms with Gasteiger partial charge in [0.25, 0.3) is 0 Å². The van der Waals surface area contributed by atoms with Crippen LogP contribution in [0.15, 0.2) is 24.4 Å². The third kappa shape index (κ3) is 2.93. The van der Waals surface area contributed by atoms with Crippen LogP contribution in [-0.2, 0) is 0 Å². The minimum atomic E-state index is -1.52. The first-order valence-electron chi connectivity index (χ1n) is 5.59. The second-order valence-electron chi connectivity index (χ2n) is 3.64. The SMILES string of the molecule is CCNc1nccc(Nc2ccc(F)c(F)c2F)n1. The predicted octanol–water partition coefficient (Wildman–Crippen LogP) is 3.07. The number of nitrogens with one attached hydrogen (secondary N) is 2. The van der Waals surface area contributed by atoms with Gasteiger partial charge >= 0.3 is 0 Å². The lowest BCUT2D eigenvalue weighted by atomic mass is 10.3. The predicted molar refractivity (Wildman–Crippen MR) is 65.8 cm³/mol. The molecule has 0 aliphatic carbocycles. The van der Waals surface area contributed by atoms with Crippen LogP contribution in [0, 0.1) is 17.5 Å². The van der Waals surface area contributed by atoms with Gasteiger partial charge in [-0.15, -0.1) is 0 Å². The lowest BCUT2D eigenvalue weighted by Crippen LogP contribution is -2.05. The van der Waals surface area contributed by atoms with Crippen molar-refractivity contribution in [2.75, 3.05) is 17.2 Å². The molecule has 0 atom stereocenters. The van der Waals surface area contributed by atoms with Gasteiger partial charge in [0.1, 0.15) is 5.82 Å². The fraction of sp³-hybridized carbons (Fsp3) is 0.167. The molecule has 0 saturated carbocycles. The van der Waals surface area contributed by atoms with Gasteiger partial charge in [-0.25, -0.2) is 18.2 Å². The minimum Gasteiger partial charge on any atom is -0.354 e. The van der Waals surface area contributed by atoms with E-state index in [-0.39, 0.29) is 11.5 Å². The Balaban J connectivity index is 2.26. The first-order chi connectivity index (χ1) is 9.11. The molecule has 100 valence electrons. The topological polar surface area (TPSA) is 49.8 Å². The van der Waals surface area contributed by atoms with Gasteiger partial charge < -0.3 is 10.6 Å². The van der Waals surface area contributed by atoms with Gasteiger partial charge in [-0.05, 0) is 25.1 Å². The molecule has 2 N–H and O–H groups in total. The van der Waals surface area contributed by atoms with Crippen molar-refractivity contribution in [1.82, 2.24) is 9.97 Å². The van der Waals surface area contributed by atoms with Crippen LogP contribution in [0.3, 0.4) is 0 Å². The minimum absolute atomic E-state index is 0.194. The van der Waals surface area contributed by atoms with E-state index in [2.05, 4.69) is 20.6 Å². The molecule has 0 fully saturated rings. The van der Waals surface area contributed by atoms with Gasteiger partial charge in [0.2, 0.25) is 5.95 Å². The van der Waals surface area contributed by atoms with Gasteiger partial charge in [-0.1, -0.05) is 0 Å². The van der Waals surface area contributed by atoms with E-state index in [4.69, 9.17) is 0 Å². The Hall–Kier alpha value is -2.31. The Labute approximate surface area is 107 Å². The second kappa shape index (κ2) is 5.55. The molecule has 1 heterocycles. The van der Waals surface area contributed by atoms with Crippen molar-refractivity contribution in [3.8, 4) is 0 Å². The maximum absolute atomic E-state index is 13.5. The summed E-state index contributed by atoms with van der Waals surface area (Å²) in [6.45, 7) is 2.50. The standard InChI is InChI=1S/C12H11F3N4/c1-2-16-12-17-6-5-9(19-12)18-8-4-3-7(13)10(14)11(8)15/h3-6H,2H2,1H3,(H2,16,17,18,19). The molecule has 2 rings (SSSR count). The Morgan fingerprint density at radius 3 is 2.63 bits per heavy atom. The average molecular weight is 268 g/mol. The van der Waals surface area contributed by atoms with E-state index in [1.54, 1.807) is 0 Å². The molecule has 0 aliphatic rings. The molecule has 1 aromatic heterocycles. The number of aromatic nitrogens is 2. The molecule has 0 spiro atoms. The number of benzene rings is 1. The molecular formula is C12H11F3N4. The van der Waals surface area contributed by atoms with Gasteiger partial charge in [-0.2, -0.15) is 4.98 Å². The van der Waals surface area contributed by atoms with Crippen LogP contribution in [0.5, 0.6) is 0 Å². The fourth-order valence-corrected chi connectivity index (χ4v) is 1.43. The van der Waals surface area contributed by atoms with Crippen molar-refractivity contribution < 1.29 is 13.2 Å². The zero-order chi connectivity index (χ0) is 13.8. The highest BCUT2D eigenvalue weighted by atomic mass is 19.2. The van der Waals surface area contributed by atoms with Crippen LogP contribution in [0.1, 0.15) is 6.92 Å². The number of nitrogens with zero attached hydrogens (tertiary/aromatic N) is 2. The molecule has 1 aromatic carbocycles. The van der Waals surface area contributed by atoms with Gasteiger partial charge in [0.15, 0.2) is 17.5 Å². The van der Waals surface area contributed by atoms with Gasteiger partial charge in [0, 0.05) is 12.7 Å². The monoisotopic (exact) mass is 268 g/mol. The molecule has 2 aromatic rings. The van der Waals surface area contributed by atoms with Crippen LogP contribution in [0.25, 0.3) is 0 Å². The third-order valence-corrected chi connectivity index (χ3v) is 2.29. The molecule has 7 heteroatoms. The summed E-state index contributed by atoms with van der Waals surface area (Å²) in [4.78, 5) is 7.97. The number of halogens is 3. The highest BCUT2D eigenvalue weighted by Crippen LogP contribution is 2.22. The van der Waals surface area contributed by atoms with E-state index >= 15 is 0 Å². The van der Waals surface area contributed by atoms with E-state index in [0.717, 1.165) is 12.1 Å². The molecular weight excluding hydrogens is 257 g/mol. The fourth-order valence-electron chi connectivity index (χ4n) is 1.43. The highest BCUT2D eigenvalue weighted by molar-refractivity contribution is 5.57. The largest absolute Gasteiger partial charge is 0.354 e. The zero-order valence-electron chi connectivity index (χ0n) is 10.0. The second-order valence-corrected chi connectivity index (χ2v) is 3.64. The molecule has 0 radical (unpaired) electrons. The number of hydrogen-bond acceptors (Lipinski definition) is 4. The van der Waals surface area contributed by atoms with Crippen molar-refractivity contribution in [2.24, 2.45) is 0 Å². The average Bonchev–Trinajstić information content (AvgIpc) is 2.40. The smallest absolute Gasteiger partial charge is 0.224 e. The summed E-state index contributed by atoms with van der Waals surface area (Å²) in [6, 6.07) is 3.43. The number of anilines is 3. The molecule has 4 nitrogen and oxygen atoms in total. The highest BCUT2D eigenvalue weighted by Gasteiger charge is 2.13. The Morgan fingerprint density at radius 2 is 1.89 bits per heavy atom. The maximum Gasteiger partial charge on any atom is 0.224 e. The summed E-state index contributed by atoms with van der Waals surface area (Å²) >= 11 is 0. The summed E-state index contributed by atoms with van der Waals surface area (Å²) < 4.78 is 39.3. The van der Waals surface area contributed by atoms with Crippen LogP contribution in [0.4, 0.5) is 30.6 Å². The van der Waals surface area contributed by atoms with Crippen LogP contribution < -0.4 is 10.6 Å². The number of rotatable bonds is 4. The van der Waals surface area contributed by atoms with E-state index in [0.29, 0.717) is 12.5 Å². The Morgan fingerprint density at radius 1 is 1.11 bits per heavy atom. The summed E-state index contributed by atoms with van der Waals surface area (Å²) in [5.74, 6) is -3.42. The van der Waals surface area contributed by atoms with Gasteiger partial charge in [-0.3, -0.25) is 0 Å². The molecule has 0 amide bonds. The van der Waals surface area contributed by atoms with Crippen molar-refractivity contribution in [3.05, 3.63) is 41.8 Å². The molecule has 0 unspecified atom stereocenters. The summed E-state index contributed by atoms with van der Waals surface area (Å²) in [5, 5.41) is 5.45. The number of hydrogen-bond donors (Lipinski definition) is 2. The van der Waals surface area contributed by atoms with Crippen molar-refractivity contribution >= 4 is 17.5 Å². The molecule has 0 bridgehead atoms.